The van der Waals surface area contributed by atoms with E-state index in [1.54, 1.807) is 18.2 Å². The number of benzene rings is 1. The second kappa shape index (κ2) is 8.63. The van der Waals surface area contributed by atoms with E-state index < -0.39 is 0 Å². The number of carbonyl (C=O) groups excluding carboxylic acids is 1. The molecule has 1 unspecified atom stereocenters. The maximum Gasteiger partial charge on any atom is 0.237 e. The van der Waals surface area contributed by atoms with Gasteiger partial charge in [0.1, 0.15) is 5.82 Å². The summed E-state index contributed by atoms with van der Waals surface area (Å²) in [6.45, 7) is 3.83. The van der Waals surface area contributed by atoms with E-state index in [-0.39, 0.29) is 11.2 Å². The first-order valence-electron chi connectivity index (χ1n) is 8.80. The molecule has 1 atom stereocenters. The Hall–Kier alpha value is -1.24. The molecule has 1 fully saturated rings. The van der Waals surface area contributed by atoms with E-state index >= 15 is 0 Å². The molecule has 1 saturated carbocycles. The zero-order chi connectivity index (χ0) is 18.7. The van der Waals surface area contributed by atoms with Crippen LogP contribution in [0.2, 0.25) is 10.0 Å². The standard InChI is InChI=1S/C18H22Cl2N4OS/c1-11(17(25)21-15-10-6-9-14(19)16(15)20)26-18-23-22-12(2)24(18)13-7-4-3-5-8-13/h6,9-11,13H,3-5,7-8H2,1-2H3,(H,21,25). The monoisotopic (exact) mass is 412 g/mol. The highest BCUT2D eigenvalue weighted by atomic mass is 35.5. The van der Waals surface area contributed by atoms with Crippen molar-refractivity contribution in [1.29, 1.82) is 0 Å². The third-order valence-electron chi connectivity index (χ3n) is 4.64. The van der Waals surface area contributed by atoms with Crippen molar-refractivity contribution in [1.82, 2.24) is 14.8 Å². The van der Waals surface area contributed by atoms with Crippen molar-refractivity contribution in [3.8, 4) is 0 Å². The number of amides is 1. The molecule has 1 aliphatic rings. The van der Waals surface area contributed by atoms with E-state index in [0.29, 0.717) is 21.8 Å². The number of anilines is 1. The van der Waals surface area contributed by atoms with Gasteiger partial charge in [-0.2, -0.15) is 0 Å². The van der Waals surface area contributed by atoms with Crippen LogP contribution in [0.5, 0.6) is 0 Å². The molecule has 1 N–H and O–H groups in total. The molecular weight excluding hydrogens is 391 g/mol. The molecule has 1 aliphatic carbocycles. The summed E-state index contributed by atoms with van der Waals surface area (Å²) in [5, 5.41) is 12.6. The molecule has 1 aromatic heterocycles. The van der Waals surface area contributed by atoms with Gasteiger partial charge >= 0.3 is 0 Å². The molecule has 0 radical (unpaired) electrons. The van der Waals surface area contributed by atoms with E-state index in [2.05, 4.69) is 20.1 Å². The molecular formula is C18H22Cl2N4OS. The largest absolute Gasteiger partial charge is 0.324 e. The summed E-state index contributed by atoms with van der Waals surface area (Å²) >= 11 is 13.6. The third-order valence-corrected chi connectivity index (χ3v) is 6.51. The van der Waals surface area contributed by atoms with Crippen LogP contribution in [0.3, 0.4) is 0 Å². The van der Waals surface area contributed by atoms with Crippen molar-refractivity contribution in [3.63, 3.8) is 0 Å². The van der Waals surface area contributed by atoms with Gasteiger partial charge in [0.15, 0.2) is 5.16 Å². The molecule has 26 heavy (non-hydrogen) atoms. The lowest BCUT2D eigenvalue weighted by molar-refractivity contribution is -0.115. The smallest absolute Gasteiger partial charge is 0.237 e. The predicted octanol–water partition coefficient (Wildman–Crippen LogP) is 5.52. The zero-order valence-corrected chi connectivity index (χ0v) is 17.2. The quantitative estimate of drug-likeness (QED) is 0.656. The first-order chi connectivity index (χ1) is 12.5. The minimum Gasteiger partial charge on any atom is -0.324 e. The molecule has 0 bridgehead atoms. The highest BCUT2D eigenvalue weighted by Crippen LogP contribution is 2.34. The second-order valence-corrected chi connectivity index (χ2v) is 8.64. The van der Waals surface area contributed by atoms with E-state index in [1.165, 1.54) is 31.0 Å². The Morgan fingerprint density at radius 1 is 1.27 bits per heavy atom. The average molecular weight is 413 g/mol. The van der Waals surface area contributed by atoms with Crippen LogP contribution in [0.15, 0.2) is 23.4 Å². The Morgan fingerprint density at radius 2 is 2.00 bits per heavy atom. The lowest BCUT2D eigenvalue weighted by Gasteiger charge is -2.25. The van der Waals surface area contributed by atoms with Gasteiger partial charge in [0, 0.05) is 6.04 Å². The Kier molecular flexibility index (Phi) is 6.48. The molecule has 5 nitrogen and oxygen atoms in total. The van der Waals surface area contributed by atoms with Crippen molar-refractivity contribution >= 4 is 46.6 Å². The summed E-state index contributed by atoms with van der Waals surface area (Å²) in [6.07, 6.45) is 6.04. The van der Waals surface area contributed by atoms with Crippen LogP contribution in [0, 0.1) is 6.92 Å². The fourth-order valence-electron chi connectivity index (χ4n) is 3.24. The van der Waals surface area contributed by atoms with Crippen LogP contribution in [-0.2, 0) is 4.79 Å². The number of nitrogens with one attached hydrogen (secondary N) is 1. The molecule has 1 aromatic carbocycles. The van der Waals surface area contributed by atoms with Crippen LogP contribution in [0.25, 0.3) is 0 Å². The second-order valence-electron chi connectivity index (χ2n) is 6.54. The number of hydrogen-bond acceptors (Lipinski definition) is 4. The minimum absolute atomic E-state index is 0.144. The van der Waals surface area contributed by atoms with Gasteiger partial charge in [0.25, 0.3) is 0 Å². The number of hydrogen-bond donors (Lipinski definition) is 1. The summed E-state index contributed by atoms with van der Waals surface area (Å²) < 4.78 is 2.19. The minimum atomic E-state index is -0.337. The van der Waals surface area contributed by atoms with E-state index in [1.807, 2.05) is 13.8 Å². The molecule has 1 heterocycles. The van der Waals surface area contributed by atoms with Crippen molar-refractivity contribution in [2.75, 3.05) is 5.32 Å². The van der Waals surface area contributed by atoms with Crippen LogP contribution in [-0.4, -0.2) is 25.9 Å². The maximum atomic E-state index is 12.6. The lowest BCUT2D eigenvalue weighted by atomic mass is 9.95. The molecule has 1 amide bonds. The summed E-state index contributed by atoms with van der Waals surface area (Å²) in [5.41, 5.74) is 0.515. The summed E-state index contributed by atoms with van der Waals surface area (Å²) in [5.74, 6) is 0.764. The topological polar surface area (TPSA) is 59.8 Å². The Bertz CT molecular complexity index is 789. The summed E-state index contributed by atoms with van der Waals surface area (Å²) in [6, 6.07) is 5.61. The van der Waals surface area contributed by atoms with E-state index in [9.17, 15) is 4.79 Å². The molecule has 2 aromatic rings. The van der Waals surface area contributed by atoms with Gasteiger partial charge in [0.2, 0.25) is 5.91 Å². The van der Waals surface area contributed by atoms with Crippen molar-refractivity contribution in [3.05, 3.63) is 34.1 Å². The first kappa shape index (κ1) is 19.5. The summed E-state index contributed by atoms with van der Waals surface area (Å²) in [7, 11) is 0. The van der Waals surface area contributed by atoms with Crippen molar-refractivity contribution in [2.24, 2.45) is 0 Å². The lowest BCUT2D eigenvalue weighted by Crippen LogP contribution is -2.24. The van der Waals surface area contributed by atoms with E-state index in [4.69, 9.17) is 23.2 Å². The average Bonchev–Trinajstić information content (AvgIpc) is 2.99. The summed E-state index contributed by atoms with van der Waals surface area (Å²) in [4.78, 5) is 12.6. The van der Waals surface area contributed by atoms with Gasteiger partial charge in [-0.1, -0.05) is 60.3 Å². The van der Waals surface area contributed by atoms with Crippen LogP contribution in [0.4, 0.5) is 5.69 Å². The first-order valence-corrected chi connectivity index (χ1v) is 10.4. The van der Waals surface area contributed by atoms with Crippen molar-refractivity contribution in [2.45, 2.75) is 62.4 Å². The fourth-order valence-corrected chi connectivity index (χ4v) is 4.55. The van der Waals surface area contributed by atoms with Gasteiger partial charge in [-0.25, -0.2) is 0 Å². The Morgan fingerprint density at radius 3 is 2.73 bits per heavy atom. The Balaban J connectivity index is 1.70. The van der Waals surface area contributed by atoms with Crippen molar-refractivity contribution < 1.29 is 4.79 Å². The molecule has 3 rings (SSSR count). The number of aromatic nitrogens is 3. The van der Waals surface area contributed by atoms with Gasteiger partial charge in [-0.05, 0) is 38.8 Å². The van der Waals surface area contributed by atoms with E-state index in [0.717, 1.165) is 23.8 Å². The highest BCUT2D eigenvalue weighted by molar-refractivity contribution is 8.00. The zero-order valence-electron chi connectivity index (χ0n) is 14.8. The van der Waals surface area contributed by atoms with Crippen LogP contribution >= 0.6 is 35.0 Å². The number of nitrogens with zero attached hydrogens (tertiary/aromatic N) is 3. The van der Waals surface area contributed by atoms with Crippen LogP contribution < -0.4 is 5.32 Å². The molecule has 0 saturated heterocycles. The van der Waals surface area contributed by atoms with Gasteiger partial charge in [0.05, 0.1) is 21.0 Å². The van der Waals surface area contributed by atoms with Gasteiger partial charge in [-0.15, -0.1) is 10.2 Å². The molecule has 0 aliphatic heterocycles. The van der Waals surface area contributed by atoms with Crippen LogP contribution in [0.1, 0.15) is 50.9 Å². The number of aryl methyl sites for hydroxylation is 1. The number of rotatable bonds is 5. The third kappa shape index (κ3) is 4.35. The number of thioether (sulfide) groups is 1. The SMILES string of the molecule is Cc1nnc(SC(C)C(=O)Nc2cccc(Cl)c2Cl)n1C1CCCCC1. The molecule has 140 valence electrons. The Labute approximate surface area is 167 Å². The van der Waals surface area contributed by atoms with Gasteiger partial charge in [-0.3, -0.25) is 4.79 Å². The molecule has 0 spiro atoms. The van der Waals surface area contributed by atoms with Gasteiger partial charge < -0.3 is 9.88 Å². The molecule has 8 heteroatoms. The maximum absolute atomic E-state index is 12.6. The number of halogens is 2. The number of carbonyl (C=O) groups is 1. The normalized spacial score (nSPS) is 16.5. The highest BCUT2D eigenvalue weighted by Gasteiger charge is 2.24. The fraction of sp³-hybridized carbons (Fsp3) is 0.500. The predicted molar refractivity (Wildman–Crippen MR) is 107 cm³/mol.